The number of rotatable bonds is 4. The molecule has 1 heterocycles. The second-order valence-electron chi connectivity index (χ2n) is 4.06. The Hall–Kier alpha value is -2.07. The number of ether oxygens (including phenoxy) is 1. The maximum Gasteiger partial charge on any atom is 0.336 e. The van der Waals surface area contributed by atoms with Crippen LogP contribution in [0.3, 0.4) is 0 Å². The Morgan fingerprint density at radius 3 is 2.68 bits per heavy atom. The minimum absolute atomic E-state index is 0.294. The quantitative estimate of drug-likeness (QED) is 0.865. The lowest BCUT2D eigenvalue weighted by Gasteiger charge is -2.08. The van der Waals surface area contributed by atoms with Crippen molar-refractivity contribution in [3.8, 4) is 5.75 Å². The van der Waals surface area contributed by atoms with Crippen molar-refractivity contribution in [2.45, 2.75) is 6.92 Å². The predicted molar refractivity (Wildman–Crippen MR) is 77.6 cm³/mol. The number of hydrogen-bond donors (Lipinski definition) is 1. The lowest BCUT2D eigenvalue weighted by Crippen LogP contribution is -2.01. The van der Waals surface area contributed by atoms with Crippen molar-refractivity contribution in [2.75, 3.05) is 7.11 Å². The molecule has 3 nitrogen and oxygen atoms in total. The summed E-state index contributed by atoms with van der Waals surface area (Å²) in [5, 5.41) is 11.3. The first-order chi connectivity index (χ1) is 9.11. The van der Waals surface area contributed by atoms with Gasteiger partial charge in [0.1, 0.15) is 5.75 Å². The van der Waals surface area contributed by atoms with E-state index in [1.807, 2.05) is 30.5 Å². The van der Waals surface area contributed by atoms with E-state index in [1.165, 1.54) is 11.3 Å². The largest absolute Gasteiger partial charge is 0.497 e. The number of thiophene rings is 1. The van der Waals surface area contributed by atoms with Crippen molar-refractivity contribution in [1.82, 2.24) is 0 Å². The summed E-state index contributed by atoms with van der Waals surface area (Å²) in [6.45, 7) is 1.88. The highest BCUT2D eigenvalue weighted by molar-refractivity contribution is 7.10. The van der Waals surface area contributed by atoms with Gasteiger partial charge >= 0.3 is 5.97 Å². The highest BCUT2D eigenvalue weighted by Gasteiger charge is 2.13. The number of hydrogen-bond acceptors (Lipinski definition) is 3. The van der Waals surface area contributed by atoms with Crippen LogP contribution in [0.4, 0.5) is 0 Å². The summed E-state index contributed by atoms with van der Waals surface area (Å²) in [6, 6.07) is 9.18. The summed E-state index contributed by atoms with van der Waals surface area (Å²) < 4.78 is 5.13. The highest BCUT2D eigenvalue weighted by Crippen LogP contribution is 2.26. The van der Waals surface area contributed by atoms with Gasteiger partial charge in [-0.1, -0.05) is 12.1 Å². The molecule has 2 rings (SSSR count). The van der Waals surface area contributed by atoms with Crippen molar-refractivity contribution >= 4 is 29.0 Å². The first-order valence-corrected chi connectivity index (χ1v) is 6.63. The molecule has 1 aromatic carbocycles. The van der Waals surface area contributed by atoms with Crippen molar-refractivity contribution in [3.05, 3.63) is 51.7 Å². The van der Waals surface area contributed by atoms with Gasteiger partial charge in [0.05, 0.1) is 12.7 Å². The Kier molecular flexibility index (Phi) is 4.02. The van der Waals surface area contributed by atoms with Gasteiger partial charge in [-0.15, -0.1) is 11.3 Å². The van der Waals surface area contributed by atoms with Gasteiger partial charge in [0, 0.05) is 4.88 Å². The molecule has 0 aliphatic carbocycles. The lowest BCUT2D eigenvalue weighted by molar-refractivity contribution is -0.130. The molecule has 0 spiro atoms. The summed E-state index contributed by atoms with van der Waals surface area (Å²) in [5.41, 5.74) is 1.88. The molecule has 0 aliphatic heterocycles. The zero-order valence-corrected chi connectivity index (χ0v) is 11.5. The van der Waals surface area contributed by atoms with Gasteiger partial charge in [-0.2, -0.15) is 0 Å². The van der Waals surface area contributed by atoms with E-state index in [4.69, 9.17) is 4.74 Å². The summed E-state index contributed by atoms with van der Waals surface area (Å²) in [6.07, 6.45) is 1.70. The van der Waals surface area contributed by atoms with Gasteiger partial charge < -0.3 is 9.84 Å². The highest BCUT2D eigenvalue weighted by atomic mass is 32.1. The van der Waals surface area contributed by atoms with E-state index in [1.54, 1.807) is 25.3 Å². The van der Waals surface area contributed by atoms with E-state index < -0.39 is 5.97 Å². The Morgan fingerprint density at radius 1 is 1.37 bits per heavy atom. The second kappa shape index (κ2) is 5.71. The molecule has 98 valence electrons. The topological polar surface area (TPSA) is 46.5 Å². The molecule has 0 radical (unpaired) electrons. The van der Waals surface area contributed by atoms with Crippen molar-refractivity contribution < 1.29 is 14.6 Å². The average Bonchev–Trinajstić information content (AvgIpc) is 2.89. The predicted octanol–water partition coefficient (Wildman–Crippen LogP) is 3.69. The molecule has 19 heavy (non-hydrogen) atoms. The molecular weight excluding hydrogens is 260 g/mol. The monoisotopic (exact) mass is 274 g/mol. The normalized spacial score (nSPS) is 11.4. The average molecular weight is 274 g/mol. The number of carboxylic acids is 1. The van der Waals surface area contributed by atoms with E-state index in [9.17, 15) is 9.90 Å². The van der Waals surface area contributed by atoms with Crippen LogP contribution in [0.15, 0.2) is 35.7 Å². The van der Waals surface area contributed by atoms with Crippen molar-refractivity contribution in [2.24, 2.45) is 0 Å². The molecule has 0 saturated carbocycles. The van der Waals surface area contributed by atoms with Gasteiger partial charge in [0.2, 0.25) is 0 Å². The molecule has 0 saturated heterocycles. The number of carbonyl (C=O) groups is 1. The molecular formula is C15H14O3S. The first-order valence-electron chi connectivity index (χ1n) is 5.75. The molecule has 0 fully saturated rings. The number of benzene rings is 1. The third kappa shape index (κ3) is 3.03. The second-order valence-corrected chi connectivity index (χ2v) is 5.04. The number of aryl methyl sites for hydroxylation is 1. The van der Waals surface area contributed by atoms with Crippen LogP contribution < -0.4 is 4.74 Å². The molecule has 0 unspecified atom stereocenters. The molecule has 0 atom stereocenters. The van der Waals surface area contributed by atoms with E-state index in [-0.39, 0.29) is 0 Å². The number of methoxy groups -OCH3 is 1. The summed E-state index contributed by atoms with van der Waals surface area (Å²) in [4.78, 5) is 12.4. The van der Waals surface area contributed by atoms with Gasteiger partial charge in [0.15, 0.2) is 0 Å². The summed E-state index contributed by atoms with van der Waals surface area (Å²) in [7, 11) is 1.59. The van der Waals surface area contributed by atoms with Gasteiger partial charge in [-0.3, -0.25) is 0 Å². The van der Waals surface area contributed by atoms with Crippen LogP contribution in [0.1, 0.15) is 16.0 Å². The maximum absolute atomic E-state index is 11.4. The number of aliphatic carboxylic acids is 1. The van der Waals surface area contributed by atoms with Crippen LogP contribution in [0.2, 0.25) is 0 Å². The van der Waals surface area contributed by atoms with E-state index >= 15 is 0 Å². The van der Waals surface area contributed by atoms with E-state index in [2.05, 4.69) is 0 Å². The Balaban J connectivity index is 2.49. The SMILES string of the molecule is COc1ccc(/C(=C/c2cccs2)C(=O)O)c(C)c1. The fraction of sp³-hybridized carbons (Fsp3) is 0.133. The van der Waals surface area contributed by atoms with Gasteiger partial charge in [-0.05, 0) is 47.7 Å². The molecule has 0 bridgehead atoms. The van der Waals surface area contributed by atoms with Gasteiger partial charge in [-0.25, -0.2) is 4.79 Å². The van der Waals surface area contributed by atoms with Crippen molar-refractivity contribution in [3.63, 3.8) is 0 Å². The van der Waals surface area contributed by atoms with E-state index in [0.717, 1.165) is 16.2 Å². The maximum atomic E-state index is 11.4. The molecule has 0 aliphatic rings. The molecule has 1 aromatic heterocycles. The first kappa shape index (κ1) is 13.4. The third-order valence-electron chi connectivity index (χ3n) is 2.78. The molecule has 4 heteroatoms. The standard InChI is InChI=1S/C15H14O3S/c1-10-8-11(18-2)5-6-13(10)14(15(16)17)9-12-4-3-7-19-12/h3-9H,1-2H3,(H,16,17)/b14-9-. The Morgan fingerprint density at radius 2 is 2.16 bits per heavy atom. The lowest BCUT2D eigenvalue weighted by atomic mass is 9.99. The summed E-state index contributed by atoms with van der Waals surface area (Å²) >= 11 is 1.51. The zero-order chi connectivity index (χ0) is 13.8. The van der Waals surface area contributed by atoms with Crippen LogP contribution in [-0.4, -0.2) is 18.2 Å². The van der Waals surface area contributed by atoms with Crippen LogP contribution in [-0.2, 0) is 4.79 Å². The fourth-order valence-corrected chi connectivity index (χ4v) is 2.49. The molecule has 1 N–H and O–H groups in total. The van der Waals surface area contributed by atoms with Crippen molar-refractivity contribution in [1.29, 1.82) is 0 Å². The third-order valence-corrected chi connectivity index (χ3v) is 3.60. The number of carboxylic acid groups (broad SMARTS) is 1. The smallest absolute Gasteiger partial charge is 0.336 e. The Labute approximate surface area is 115 Å². The van der Waals surface area contributed by atoms with Crippen LogP contribution in [0.25, 0.3) is 11.6 Å². The van der Waals surface area contributed by atoms with Crippen LogP contribution in [0.5, 0.6) is 5.75 Å². The minimum Gasteiger partial charge on any atom is -0.497 e. The van der Waals surface area contributed by atoms with Gasteiger partial charge in [0.25, 0.3) is 0 Å². The fourth-order valence-electron chi connectivity index (χ4n) is 1.84. The summed E-state index contributed by atoms with van der Waals surface area (Å²) in [5.74, 6) is -0.205. The van der Waals surface area contributed by atoms with Crippen LogP contribution >= 0.6 is 11.3 Å². The van der Waals surface area contributed by atoms with Crippen LogP contribution in [0, 0.1) is 6.92 Å². The van der Waals surface area contributed by atoms with E-state index in [0.29, 0.717) is 11.1 Å². The minimum atomic E-state index is -0.929. The molecule has 0 amide bonds. The Bertz CT molecular complexity index is 612. The zero-order valence-electron chi connectivity index (χ0n) is 10.7. The molecule has 2 aromatic rings.